The smallest absolute Gasteiger partial charge is 0.329 e. The second-order valence-electron chi connectivity index (χ2n) is 4.95. The number of benzene rings is 1. The number of aliphatic carboxylic acids is 1. The molecule has 0 saturated heterocycles. The summed E-state index contributed by atoms with van der Waals surface area (Å²) in [7, 11) is 0. The molecule has 0 radical (unpaired) electrons. The van der Waals surface area contributed by atoms with Crippen LogP contribution in [0.4, 0.5) is 5.69 Å². The summed E-state index contributed by atoms with van der Waals surface area (Å²) in [6.45, 7) is 1.40. The maximum Gasteiger partial charge on any atom is 0.329 e. The van der Waals surface area contributed by atoms with Crippen LogP contribution in [0.3, 0.4) is 0 Å². The summed E-state index contributed by atoms with van der Waals surface area (Å²) in [5.41, 5.74) is -0.162. The Hall–Kier alpha value is -2.37. The topological polar surface area (TPSA) is 95.5 Å². The molecular formula is C14H16N2O4. The van der Waals surface area contributed by atoms with Crippen molar-refractivity contribution < 1.29 is 19.5 Å². The zero-order valence-corrected chi connectivity index (χ0v) is 11.1. The van der Waals surface area contributed by atoms with Gasteiger partial charge in [-0.3, -0.25) is 9.59 Å². The van der Waals surface area contributed by atoms with Crippen LogP contribution in [0.1, 0.15) is 36.5 Å². The van der Waals surface area contributed by atoms with E-state index in [1.165, 1.54) is 6.92 Å². The molecule has 0 atom stereocenters. The van der Waals surface area contributed by atoms with E-state index in [-0.39, 0.29) is 5.91 Å². The number of carbonyl (C=O) groups excluding carboxylic acids is 2. The van der Waals surface area contributed by atoms with Crippen molar-refractivity contribution in [3.8, 4) is 0 Å². The largest absolute Gasteiger partial charge is 0.480 e. The monoisotopic (exact) mass is 276 g/mol. The minimum atomic E-state index is -1.12. The van der Waals surface area contributed by atoms with E-state index in [4.69, 9.17) is 5.11 Å². The Morgan fingerprint density at radius 2 is 1.75 bits per heavy atom. The average Bonchev–Trinajstić information content (AvgIpc) is 2.33. The lowest BCUT2D eigenvalue weighted by Gasteiger charge is -2.38. The first kappa shape index (κ1) is 14.0. The Kier molecular flexibility index (Phi) is 3.74. The van der Waals surface area contributed by atoms with Crippen LogP contribution in [0, 0.1) is 0 Å². The highest BCUT2D eigenvalue weighted by Crippen LogP contribution is 2.32. The van der Waals surface area contributed by atoms with Crippen molar-refractivity contribution in [1.29, 1.82) is 0 Å². The van der Waals surface area contributed by atoms with Crippen molar-refractivity contribution >= 4 is 23.5 Å². The summed E-state index contributed by atoms with van der Waals surface area (Å²) in [6.07, 6.45) is 1.71. The van der Waals surface area contributed by atoms with Gasteiger partial charge in [-0.25, -0.2) is 4.79 Å². The van der Waals surface area contributed by atoms with Crippen LogP contribution >= 0.6 is 0 Å². The van der Waals surface area contributed by atoms with Crippen molar-refractivity contribution in [2.75, 3.05) is 5.32 Å². The molecule has 106 valence electrons. The lowest BCUT2D eigenvalue weighted by molar-refractivity contribution is -0.148. The number of hydrogen-bond donors (Lipinski definition) is 3. The third kappa shape index (κ3) is 2.79. The first-order valence-electron chi connectivity index (χ1n) is 6.36. The van der Waals surface area contributed by atoms with Crippen LogP contribution in [-0.4, -0.2) is 28.4 Å². The first-order chi connectivity index (χ1) is 9.43. The standard InChI is InChI=1S/C14H16N2O4/c1-9(17)15-11-5-3-10(4-6-11)12(18)16-14(13(19)20)7-2-8-14/h3-6H,2,7-8H2,1H3,(H,15,17)(H,16,18)(H,19,20). The minimum Gasteiger partial charge on any atom is -0.480 e. The highest BCUT2D eigenvalue weighted by molar-refractivity contribution is 5.98. The molecule has 6 nitrogen and oxygen atoms in total. The Balaban J connectivity index is 2.06. The lowest BCUT2D eigenvalue weighted by atomic mass is 9.76. The van der Waals surface area contributed by atoms with Crippen LogP contribution in [-0.2, 0) is 9.59 Å². The van der Waals surface area contributed by atoms with Gasteiger partial charge < -0.3 is 15.7 Å². The Bertz CT molecular complexity index is 547. The number of carboxylic acid groups (broad SMARTS) is 1. The molecule has 0 bridgehead atoms. The van der Waals surface area contributed by atoms with Crippen LogP contribution in [0.25, 0.3) is 0 Å². The molecule has 1 aromatic carbocycles. The second kappa shape index (κ2) is 5.32. The van der Waals surface area contributed by atoms with Crippen molar-refractivity contribution in [3.05, 3.63) is 29.8 Å². The normalized spacial score (nSPS) is 15.8. The average molecular weight is 276 g/mol. The third-order valence-electron chi connectivity index (χ3n) is 3.44. The summed E-state index contributed by atoms with van der Waals surface area (Å²) in [5, 5.41) is 14.3. The molecule has 0 spiro atoms. The molecule has 0 aliphatic heterocycles. The van der Waals surface area contributed by atoms with Crippen LogP contribution in [0.15, 0.2) is 24.3 Å². The predicted octanol–water partition coefficient (Wildman–Crippen LogP) is 1.38. The van der Waals surface area contributed by atoms with E-state index < -0.39 is 17.4 Å². The molecule has 2 amide bonds. The highest BCUT2D eigenvalue weighted by atomic mass is 16.4. The Morgan fingerprint density at radius 3 is 2.15 bits per heavy atom. The Labute approximate surface area is 116 Å². The number of carbonyl (C=O) groups is 3. The summed E-state index contributed by atoms with van der Waals surface area (Å²) in [5.74, 6) is -1.60. The molecule has 1 fully saturated rings. The fourth-order valence-electron chi connectivity index (χ4n) is 2.12. The van der Waals surface area contributed by atoms with Gasteiger partial charge in [-0.05, 0) is 43.5 Å². The number of carboxylic acids is 1. The van der Waals surface area contributed by atoms with Crippen LogP contribution in [0.5, 0.6) is 0 Å². The third-order valence-corrected chi connectivity index (χ3v) is 3.44. The molecule has 20 heavy (non-hydrogen) atoms. The number of rotatable bonds is 4. The van der Waals surface area contributed by atoms with Crippen molar-refractivity contribution in [1.82, 2.24) is 5.32 Å². The lowest BCUT2D eigenvalue weighted by Crippen LogP contribution is -2.59. The van der Waals surface area contributed by atoms with E-state index in [0.29, 0.717) is 24.1 Å². The van der Waals surface area contributed by atoms with Gasteiger partial charge in [0.25, 0.3) is 5.91 Å². The number of nitrogens with one attached hydrogen (secondary N) is 2. The minimum absolute atomic E-state index is 0.193. The molecule has 0 aromatic heterocycles. The van der Waals surface area contributed by atoms with Gasteiger partial charge in [0.2, 0.25) is 5.91 Å². The number of anilines is 1. The van der Waals surface area contributed by atoms with E-state index in [1.807, 2.05) is 0 Å². The molecule has 3 N–H and O–H groups in total. The number of amides is 2. The van der Waals surface area contributed by atoms with Crippen molar-refractivity contribution in [2.24, 2.45) is 0 Å². The van der Waals surface area contributed by atoms with Crippen molar-refractivity contribution in [3.63, 3.8) is 0 Å². The van der Waals surface area contributed by atoms with Gasteiger partial charge in [-0.2, -0.15) is 0 Å². The zero-order chi connectivity index (χ0) is 14.8. The van der Waals surface area contributed by atoms with E-state index in [1.54, 1.807) is 24.3 Å². The van der Waals surface area contributed by atoms with Gasteiger partial charge >= 0.3 is 5.97 Å². The summed E-state index contributed by atoms with van der Waals surface area (Å²) < 4.78 is 0. The maximum atomic E-state index is 12.0. The SMILES string of the molecule is CC(=O)Nc1ccc(C(=O)NC2(C(=O)O)CCC2)cc1. The Morgan fingerprint density at radius 1 is 1.15 bits per heavy atom. The van der Waals surface area contributed by atoms with Crippen LogP contribution in [0.2, 0.25) is 0 Å². The fourth-order valence-corrected chi connectivity index (χ4v) is 2.12. The molecular weight excluding hydrogens is 260 g/mol. The van der Waals surface area contributed by atoms with Gasteiger partial charge in [0.05, 0.1) is 0 Å². The molecule has 0 heterocycles. The van der Waals surface area contributed by atoms with E-state index in [0.717, 1.165) is 6.42 Å². The summed E-state index contributed by atoms with van der Waals surface area (Å²) in [6, 6.07) is 6.30. The summed E-state index contributed by atoms with van der Waals surface area (Å²) in [4.78, 5) is 34.1. The molecule has 1 saturated carbocycles. The zero-order valence-electron chi connectivity index (χ0n) is 11.1. The van der Waals surface area contributed by atoms with Gasteiger partial charge in [0, 0.05) is 18.2 Å². The van der Waals surface area contributed by atoms with Gasteiger partial charge in [0.15, 0.2) is 0 Å². The fraction of sp³-hybridized carbons (Fsp3) is 0.357. The molecule has 1 aromatic rings. The summed E-state index contributed by atoms with van der Waals surface area (Å²) >= 11 is 0. The van der Waals surface area contributed by atoms with E-state index >= 15 is 0 Å². The molecule has 0 unspecified atom stereocenters. The maximum absolute atomic E-state index is 12.0. The van der Waals surface area contributed by atoms with Gasteiger partial charge in [0.1, 0.15) is 5.54 Å². The van der Waals surface area contributed by atoms with E-state index in [2.05, 4.69) is 10.6 Å². The quantitative estimate of drug-likeness (QED) is 0.774. The van der Waals surface area contributed by atoms with Crippen LogP contribution < -0.4 is 10.6 Å². The second-order valence-corrected chi connectivity index (χ2v) is 4.95. The predicted molar refractivity (Wildman–Crippen MR) is 72.4 cm³/mol. The number of hydrogen-bond acceptors (Lipinski definition) is 3. The van der Waals surface area contributed by atoms with Gasteiger partial charge in [-0.1, -0.05) is 0 Å². The molecule has 1 aliphatic carbocycles. The molecule has 2 rings (SSSR count). The van der Waals surface area contributed by atoms with E-state index in [9.17, 15) is 14.4 Å². The molecule has 1 aliphatic rings. The van der Waals surface area contributed by atoms with Gasteiger partial charge in [-0.15, -0.1) is 0 Å². The molecule has 6 heteroatoms. The first-order valence-corrected chi connectivity index (χ1v) is 6.36. The van der Waals surface area contributed by atoms with Crippen molar-refractivity contribution in [2.45, 2.75) is 31.7 Å². The highest BCUT2D eigenvalue weighted by Gasteiger charge is 2.45.